The number of nitriles is 1. The molecule has 14 heteroatoms. The third-order valence-electron chi connectivity index (χ3n) is 14.0. The minimum Gasteiger partial charge on any atom is -0.489 e. The van der Waals surface area contributed by atoms with E-state index in [2.05, 4.69) is 59.1 Å². The highest BCUT2D eigenvalue weighted by atomic mass is 35.5. The average molecular weight is 832 g/mol. The summed E-state index contributed by atoms with van der Waals surface area (Å²) in [6, 6.07) is 19.4. The largest absolute Gasteiger partial charge is 0.489 e. The predicted molar refractivity (Wildman–Crippen MR) is 225 cm³/mol. The Balaban J connectivity index is 0.716. The van der Waals surface area contributed by atoms with Gasteiger partial charge in [0.2, 0.25) is 11.8 Å². The van der Waals surface area contributed by atoms with Crippen molar-refractivity contribution in [2.45, 2.75) is 71.6 Å². The van der Waals surface area contributed by atoms with E-state index in [9.17, 15) is 29.2 Å². The standard InChI is InChI=1S/C46H50ClN7O6/c1-44(2)42(45(3,4)43(44)60-32-11-7-29(21-48)35(47)20-32)50-38(56)28-5-8-30(9-6-28)53-25-46(26-53)23-51(24-46)22-27-15-17-52(18-16-27)31-10-12-33-34(19-31)41(59)54(40(33)58)36-13-14-37(55)49-39(36)57/h5-12,19-20,27,36,42-43H,13-18,22-26H2,1-4H3,(H,50,56)(H,49,55,57). The molecule has 5 fully saturated rings. The molecule has 0 radical (unpaired) electrons. The third kappa shape index (κ3) is 6.78. The molecular formula is C46H50ClN7O6. The highest BCUT2D eigenvalue weighted by Crippen LogP contribution is 2.56. The monoisotopic (exact) mass is 831 g/mol. The molecular weight excluding hydrogens is 782 g/mol. The van der Waals surface area contributed by atoms with E-state index in [1.807, 2.05) is 30.3 Å². The van der Waals surface area contributed by atoms with Gasteiger partial charge in [0, 0.05) is 97.5 Å². The molecule has 5 heterocycles. The van der Waals surface area contributed by atoms with Gasteiger partial charge in [-0.3, -0.25) is 34.2 Å². The number of benzene rings is 3. The molecule has 6 aliphatic rings. The van der Waals surface area contributed by atoms with Gasteiger partial charge in [0.05, 0.1) is 21.7 Å². The molecule has 3 aromatic carbocycles. The number of carbonyl (C=O) groups excluding carboxylic acids is 5. The number of imide groups is 2. The Bertz CT molecular complexity index is 2320. The Morgan fingerprint density at radius 2 is 1.52 bits per heavy atom. The van der Waals surface area contributed by atoms with E-state index in [-0.39, 0.29) is 47.6 Å². The van der Waals surface area contributed by atoms with Crippen molar-refractivity contribution < 1.29 is 28.7 Å². The Kier molecular flexibility index (Phi) is 9.75. The van der Waals surface area contributed by atoms with E-state index >= 15 is 0 Å². The molecule has 0 aromatic heterocycles. The summed E-state index contributed by atoms with van der Waals surface area (Å²) in [6.45, 7) is 15.4. The fourth-order valence-electron chi connectivity index (χ4n) is 11.2. The van der Waals surface area contributed by atoms with E-state index in [0.29, 0.717) is 44.4 Å². The minimum atomic E-state index is -0.968. The maximum atomic E-state index is 13.5. The Morgan fingerprint density at radius 1 is 0.850 bits per heavy atom. The lowest BCUT2D eigenvalue weighted by molar-refractivity contribution is -0.164. The third-order valence-corrected chi connectivity index (χ3v) is 14.3. The molecule has 1 saturated carbocycles. The minimum absolute atomic E-state index is 0.0951. The van der Waals surface area contributed by atoms with Crippen molar-refractivity contribution in [3.63, 3.8) is 0 Å². The number of rotatable bonds is 9. The van der Waals surface area contributed by atoms with Crippen molar-refractivity contribution in [3.8, 4) is 11.8 Å². The van der Waals surface area contributed by atoms with Crippen LogP contribution in [0.25, 0.3) is 0 Å². The number of likely N-dealkylation sites (tertiary alicyclic amines) is 1. The van der Waals surface area contributed by atoms with Crippen LogP contribution in [0.1, 0.15) is 90.0 Å². The maximum Gasteiger partial charge on any atom is 0.262 e. The lowest BCUT2D eigenvalue weighted by atomic mass is 9.49. The summed E-state index contributed by atoms with van der Waals surface area (Å²) >= 11 is 6.25. The molecule has 1 unspecified atom stereocenters. The Labute approximate surface area is 354 Å². The Hall–Kier alpha value is -5.45. The zero-order valence-electron chi connectivity index (χ0n) is 34.4. The van der Waals surface area contributed by atoms with E-state index in [1.54, 1.807) is 30.3 Å². The first-order valence-corrected chi connectivity index (χ1v) is 21.3. The average Bonchev–Trinajstić information content (AvgIpc) is 3.44. The molecule has 13 nitrogen and oxygen atoms in total. The van der Waals surface area contributed by atoms with E-state index in [1.165, 1.54) is 0 Å². The van der Waals surface area contributed by atoms with E-state index in [4.69, 9.17) is 16.3 Å². The van der Waals surface area contributed by atoms with Crippen molar-refractivity contribution in [2.24, 2.45) is 22.2 Å². The molecule has 5 aliphatic heterocycles. The molecule has 3 aromatic rings. The molecule has 4 saturated heterocycles. The molecule has 312 valence electrons. The smallest absolute Gasteiger partial charge is 0.262 e. The number of amides is 5. The number of ether oxygens (including phenoxy) is 1. The van der Waals surface area contributed by atoms with Crippen LogP contribution >= 0.6 is 11.6 Å². The molecule has 60 heavy (non-hydrogen) atoms. The molecule has 1 atom stereocenters. The van der Waals surface area contributed by atoms with Crippen LogP contribution in [0, 0.1) is 33.5 Å². The van der Waals surface area contributed by atoms with Gasteiger partial charge in [0.1, 0.15) is 24.0 Å². The van der Waals surface area contributed by atoms with Crippen LogP contribution in [-0.4, -0.2) is 103 Å². The highest BCUT2D eigenvalue weighted by Gasteiger charge is 2.64. The van der Waals surface area contributed by atoms with Gasteiger partial charge < -0.3 is 24.8 Å². The van der Waals surface area contributed by atoms with Gasteiger partial charge in [-0.15, -0.1) is 0 Å². The van der Waals surface area contributed by atoms with Crippen LogP contribution in [0.5, 0.6) is 5.75 Å². The SMILES string of the molecule is CC1(C)C(NC(=O)c2ccc(N3CC4(CN(CC5CCN(c6ccc7c(c6)C(=O)N(C6CCC(=O)NC6=O)C7=O)CC5)C4)C3)cc2)C(C)(C)C1Oc1ccc(C#N)c(Cl)c1. The van der Waals surface area contributed by atoms with Gasteiger partial charge in [-0.25, -0.2) is 0 Å². The van der Waals surface area contributed by atoms with Crippen molar-refractivity contribution in [1.82, 2.24) is 20.4 Å². The van der Waals surface area contributed by atoms with Crippen LogP contribution < -0.4 is 25.2 Å². The number of nitrogens with zero attached hydrogens (tertiary/aromatic N) is 5. The van der Waals surface area contributed by atoms with Crippen molar-refractivity contribution >= 4 is 52.5 Å². The first-order chi connectivity index (χ1) is 28.6. The number of anilines is 2. The number of hydrogen-bond acceptors (Lipinski definition) is 10. The molecule has 1 aliphatic carbocycles. The summed E-state index contributed by atoms with van der Waals surface area (Å²) in [7, 11) is 0. The quantitative estimate of drug-likeness (QED) is 0.273. The van der Waals surface area contributed by atoms with Crippen LogP contribution in [0.4, 0.5) is 11.4 Å². The second-order valence-corrected chi connectivity index (χ2v) is 19.4. The fraction of sp³-hybridized carbons (Fsp3) is 0.478. The number of carbonyl (C=O) groups is 5. The zero-order valence-corrected chi connectivity index (χ0v) is 35.2. The summed E-state index contributed by atoms with van der Waals surface area (Å²) in [4.78, 5) is 72.3. The number of halogens is 1. The number of piperidine rings is 2. The molecule has 9 rings (SSSR count). The van der Waals surface area contributed by atoms with Gasteiger partial charge in [0.25, 0.3) is 17.7 Å². The van der Waals surface area contributed by atoms with Gasteiger partial charge in [0.15, 0.2) is 0 Å². The van der Waals surface area contributed by atoms with Crippen molar-refractivity contribution in [2.75, 3.05) is 55.6 Å². The number of nitrogens with one attached hydrogen (secondary N) is 2. The number of fused-ring (bicyclic) bond motifs is 1. The van der Waals surface area contributed by atoms with Crippen LogP contribution in [-0.2, 0) is 9.59 Å². The first-order valence-electron chi connectivity index (χ1n) is 20.9. The topological polar surface area (TPSA) is 155 Å². The second kappa shape index (κ2) is 14.6. The Morgan fingerprint density at radius 3 is 2.17 bits per heavy atom. The molecule has 2 N–H and O–H groups in total. The van der Waals surface area contributed by atoms with Gasteiger partial charge in [-0.1, -0.05) is 39.3 Å². The number of hydrogen-bond donors (Lipinski definition) is 2. The fourth-order valence-corrected chi connectivity index (χ4v) is 11.4. The summed E-state index contributed by atoms with van der Waals surface area (Å²) in [5.74, 6) is -0.869. The van der Waals surface area contributed by atoms with E-state index in [0.717, 1.165) is 74.9 Å². The summed E-state index contributed by atoms with van der Waals surface area (Å²) in [6.07, 6.45) is 2.14. The van der Waals surface area contributed by atoms with Crippen molar-refractivity contribution in [3.05, 3.63) is 87.9 Å². The van der Waals surface area contributed by atoms with Crippen LogP contribution in [0.15, 0.2) is 60.7 Å². The maximum absolute atomic E-state index is 13.5. The van der Waals surface area contributed by atoms with Gasteiger partial charge >= 0.3 is 0 Å². The lowest BCUT2D eigenvalue weighted by Crippen LogP contribution is -2.74. The normalized spacial score (nSPS) is 25.5. The summed E-state index contributed by atoms with van der Waals surface area (Å²) in [5.41, 5.74) is 3.30. The highest BCUT2D eigenvalue weighted by molar-refractivity contribution is 6.31. The molecule has 1 spiro atoms. The predicted octanol–water partition coefficient (Wildman–Crippen LogP) is 5.26. The first kappa shape index (κ1) is 40.0. The van der Waals surface area contributed by atoms with Gasteiger partial charge in [-0.2, -0.15) is 5.26 Å². The lowest BCUT2D eigenvalue weighted by Gasteiger charge is -2.63. The van der Waals surface area contributed by atoms with Crippen LogP contribution in [0.3, 0.4) is 0 Å². The van der Waals surface area contributed by atoms with E-state index < -0.39 is 23.8 Å². The van der Waals surface area contributed by atoms with Crippen LogP contribution in [0.2, 0.25) is 5.02 Å². The second-order valence-electron chi connectivity index (χ2n) is 19.0. The summed E-state index contributed by atoms with van der Waals surface area (Å²) in [5, 5.41) is 15.1. The van der Waals surface area contributed by atoms with Gasteiger partial charge in [-0.05, 0) is 79.8 Å². The summed E-state index contributed by atoms with van der Waals surface area (Å²) < 4.78 is 6.38. The zero-order chi connectivity index (χ0) is 42.3. The molecule has 5 amide bonds. The molecule has 0 bridgehead atoms. The van der Waals surface area contributed by atoms with Crippen molar-refractivity contribution in [1.29, 1.82) is 5.26 Å².